The van der Waals surface area contributed by atoms with Gasteiger partial charge < -0.3 is 19.5 Å². The number of amides is 2. The van der Waals surface area contributed by atoms with Crippen LogP contribution in [0.3, 0.4) is 0 Å². The fourth-order valence-corrected chi connectivity index (χ4v) is 2.56. The van der Waals surface area contributed by atoms with E-state index in [0.29, 0.717) is 13.0 Å². The molecule has 0 heterocycles. The summed E-state index contributed by atoms with van der Waals surface area (Å²) in [5.41, 5.74) is 1.86. The van der Waals surface area contributed by atoms with Crippen LogP contribution in [0.15, 0.2) is 60.7 Å². The number of hydrogen-bond acceptors (Lipinski definition) is 5. The molecule has 0 fully saturated rings. The first kappa shape index (κ1) is 22.2. The Morgan fingerprint density at radius 1 is 0.828 bits per heavy atom. The molecular weight excluding hydrogens is 372 g/mol. The molecule has 2 N–H and O–H groups in total. The molecule has 2 amide bonds. The third-order valence-electron chi connectivity index (χ3n) is 4.15. The fraction of sp³-hybridized carbons (Fsp3) is 0.364. The van der Waals surface area contributed by atoms with Gasteiger partial charge in [-0.25, -0.2) is 9.59 Å². The van der Waals surface area contributed by atoms with Gasteiger partial charge in [0.15, 0.2) is 0 Å². The van der Waals surface area contributed by atoms with E-state index in [2.05, 4.69) is 10.6 Å². The van der Waals surface area contributed by atoms with Gasteiger partial charge in [-0.15, -0.1) is 0 Å². The second-order valence-corrected chi connectivity index (χ2v) is 6.41. The average Bonchev–Trinajstić information content (AvgIpc) is 2.76. The minimum atomic E-state index is -0.525. The Bertz CT molecular complexity index is 724. The first-order chi connectivity index (χ1) is 14.2. The normalized spacial score (nSPS) is 11.3. The maximum Gasteiger partial charge on any atom is 0.409 e. The summed E-state index contributed by atoms with van der Waals surface area (Å²) in [5.74, 6) is 0. The molecule has 0 aromatic heterocycles. The van der Waals surface area contributed by atoms with Gasteiger partial charge in [0.2, 0.25) is 0 Å². The van der Waals surface area contributed by atoms with Gasteiger partial charge in [-0.05, 0) is 30.4 Å². The summed E-state index contributed by atoms with van der Waals surface area (Å²) < 4.78 is 15.6. The van der Waals surface area contributed by atoms with Crippen LogP contribution in [0.1, 0.15) is 30.4 Å². The van der Waals surface area contributed by atoms with E-state index in [0.717, 1.165) is 24.0 Å². The Hall–Kier alpha value is -3.06. The van der Waals surface area contributed by atoms with Gasteiger partial charge in [0.1, 0.15) is 19.4 Å². The number of rotatable bonds is 11. The summed E-state index contributed by atoms with van der Waals surface area (Å²) in [6, 6.07) is 19.0. The number of carbonyl (C=O) groups excluding carboxylic acids is 2. The number of benzene rings is 2. The molecule has 0 unspecified atom stereocenters. The van der Waals surface area contributed by atoms with Crippen molar-refractivity contribution in [2.75, 3.05) is 13.7 Å². The van der Waals surface area contributed by atoms with Crippen LogP contribution in [0.25, 0.3) is 0 Å². The van der Waals surface area contributed by atoms with Gasteiger partial charge >= 0.3 is 12.2 Å². The molecule has 2 aromatic carbocycles. The SMILES string of the molecule is CO[C@@H](CCCCNC(=O)OCc1ccccc1)NC(=O)OCc1ccccc1. The zero-order valence-electron chi connectivity index (χ0n) is 16.6. The van der Waals surface area contributed by atoms with Gasteiger partial charge in [0.05, 0.1) is 0 Å². The van der Waals surface area contributed by atoms with Crippen LogP contribution in [0.2, 0.25) is 0 Å². The Kier molecular flexibility index (Phi) is 10.1. The number of ether oxygens (including phenoxy) is 3. The molecule has 0 saturated carbocycles. The highest BCUT2D eigenvalue weighted by Gasteiger charge is 2.12. The molecule has 7 heteroatoms. The first-order valence-electron chi connectivity index (χ1n) is 9.62. The highest BCUT2D eigenvalue weighted by molar-refractivity contribution is 5.67. The lowest BCUT2D eigenvalue weighted by Crippen LogP contribution is -2.36. The summed E-state index contributed by atoms with van der Waals surface area (Å²) in [6.45, 7) is 0.939. The van der Waals surface area contributed by atoms with E-state index < -0.39 is 18.4 Å². The second-order valence-electron chi connectivity index (χ2n) is 6.41. The van der Waals surface area contributed by atoms with Crippen molar-refractivity contribution in [3.63, 3.8) is 0 Å². The molecule has 0 aliphatic rings. The van der Waals surface area contributed by atoms with Crippen LogP contribution in [-0.2, 0) is 27.4 Å². The standard InChI is InChI=1S/C22H28N2O5/c1-27-20(24-22(26)29-17-19-12-6-3-7-13-19)14-8-9-15-23-21(25)28-16-18-10-4-2-5-11-18/h2-7,10-13,20H,8-9,14-17H2,1H3,(H,23,25)(H,24,26)/t20-/m0/s1. The second kappa shape index (κ2) is 13.2. The van der Waals surface area contributed by atoms with E-state index in [9.17, 15) is 9.59 Å². The molecule has 7 nitrogen and oxygen atoms in total. The first-order valence-corrected chi connectivity index (χ1v) is 9.62. The van der Waals surface area contributed by atoms with Crippen molar-refractivity contribution >= 4 is 12.2 Å². The molecule has 0 radical (unpaired) electrons. The third-order valence-corrected chi connectivity index (χ3v) is 4.15. The molecule has 0 aliphatic heterocycles. The van der Waals surface area contributed by atoms with Crippen LogP contribution in [0.5, 0.6) is 0 Å². The quantitative estimate of drug-likeness (QED) is 0.440. The van der Waals surface area contributed by atoms with Crippen LogP contribution in [0, 0.1) is 0 Å². The highest BCUT2D eigenvalue weighted by Crippen LogP contribution is 2.05. The molecule has 0 aliphatic carbocycles. The zero-order valence-corrected chi connectivity index (χ0v) is 16.6. The van der Waals surface area contributed by atoms with E-state index >= 15 is 0 Å². The van der Waals surface area contributed by atoms with E-state index in [1.807, 2.05) is 60.7 Å². The van der Waals surface area contributed by atoms with E-state index in [-0.39, 0.29) is 13.2 Å². The van der Waals surface area contributed by atoms with Gasteiger partial charge in [-0.2, -0.15) is 0 Å². The predicted molar refractivity (Wildman–Crippen MR) is 109 cm³/mol. The van der Waals surface area contributed by atoms with Crippen LogP contribution in [0.4, 0.5) is 9.59 Å². The molecule has 156 valence electrons. The Balaban J connectivity index is 1.53. The van der Waals surface area contributed by atoms with Gasteiger partial charge in [0.25, 0.3) is 0 Å². The molecule has 0 bridgehead atoms. The number of hydrogen-bond donors (Lipinski definition) is 2. The number of methoxy groups -OCH3 is 1. The van der Waals surface area contributed by atoms with E-state index in [4.69, 9.17) is 14.2 Å². The summed E-state index contributed by atoms with van der Waals surface area (Å²) in [4.78, 5) is 23.5. The maximum atomic E-state index is 11.9. The largest absolute Gasteiger partial charge is 0.445 e. The maximum absolute atomic E-state index is 11.9. The molecule has 29 heavy (non-hydrogen) atoms. The van der Waals surface area contributed by atoms with Gasteiger partial charge in [0, 0.05) is 13.7 Å². The van der Waals surface area contributed by atoms with Crippen molar-refractivity contribution in [2.45, 2.75) is 38.7 Å². The van der Waals surface area contributed by atoms with E-state index in [1.165, 1.54) is 7.11 Å². The Morgan fingerprint density at radius 3 is 1.93 bits per heavy atom. The predicted octanol–water partition coefficient (Wildman–Crippen LogP) is 3.98. The van der Waals surface area contributed by atoms with Crippen LogP contribution in [-0.4, -0.2) is 32.1 Å². The summed E-state index contributed by atoms with van der Waals surface area (Å²) in [5, 5.41) is 5.39. The lowest BCUT2D eigenvalue weighted by Gasteiger charge is -2.17. The smallest absolute Gasteiger partial charge is 0.409 e. The van der Waals surface area contributed by atoms with Crippen molar-refractivity contribution in [1.82, 2.24) is 10.6 Å². The topological polar surface area (TPSA) is 85.9 Å². The summed E-state index contributed by atoms with van der Waals surface area (Å²) in [7, 11) is 1.53. The Morgan fingerprint density at radius 2 is 1.38 bits per heavy atom. The van der Waals surface area contributed by atoms with Crippen molar-refractivity contribution in [2.24, 2.45) is 0 Å². The van der Waals surface area contributed by atoms with Gasteiger partial charge in [-0.1, -0.05) is 60.7 Å². The van der Waals surface area contributed by atoms with Crippen molar-refractivity contribution in [3.8, 4) is 0 Å². The number of unbranched alkanes of at least 4 members (excludes halogenated alkanes) is 1. The average molecular weight is 400 g/mol. The summed E-state index contributed by atoms with van der Waals surface area (Å²) >= 11 is 0. The lowest BCUT2D eigenvalue weighted by atomic mass is 10.2. The monoisotopic (exact) mass is 400 g/mol. The lowest BCUT2D eigenvalue weighted by molar-refractivity contribution is 0.0529. The van der Waals surface area contributed by atoms with E-state index in [1.54, 1.807) is 0 Å². The third kappa shape index (κ3) is 9.62. The molecule has 2 aromatic rings. The van der Waals surface area contributed by atoms with Crippen molar-refractivity contribution < 1.29 is 23.8 Å². The minimum Gasteiger partial charge on any atom is -0.445 e. The molecule has 0 spiro atoms. The summed E-state index contributed by atoms with van der Waals surface area (Å²) in [6.07, 6.45) is 0.696. The van der Waals surface area contributed by atoms with Crippen molar-refractivity contribution in [1.29, 1.82) is 0 Å². The minimum absolute atomic E-state index is 0.206. The molecule has 0 saturated heterocycles. The molecule has 2 rings (SSSR count). The number of nitrogens with one attached hydrogen (secondary N) is 2. The zero-order chi connectivity index (χ0) is 20.7. The molecule has 1 atom stereocenters. The van der Waals surface area contributed by atoms with Crippen LogP contribution < -0.4 is 10.6 Å². The highest BCUT2D eigenvalue weighted by atomic mass is 16.6. The Labute approximate surface area is 171 Å². The van der Waals surface area contributed by atoms with Gasteiger partial charge in [-0.3, -0.25) is 5.32 Å². The fourth-order valence-electron chi connectivity index (χ4n) is 2.56. The van der Waals surface area contributed by atoms with Crippen molar-refractivity contribution in [3.05, 3.63) is 71.8 Å². The molecular formula is C22H28N2O5. The number of carbonyl (C=O) groups is 2. The van der Waals surface area contributed by atoms with Crippen LogP contribution >= 0.6 is 0 Å². The number of alkyl carbamates (subject to hydrolysis) is 2.